The zero-order valence-electron chi connectivity index (χ0n) is 8.57. The molecule has 3 nitrogen and oxygen atoms in total. The second-order valence-electron chi connectivity index (χ2n) is 4.02. The monoisotopic (exact) mass is 247 g/mol. The van der Waals surface area contributed by atoms with Crippen molar-refractivity contribution < 1.29 is 17.2 Å². The second kappa shape index (κ2) is 3.24. The largest absolute Gasteiger partial charge is 0.319 e. The van der Waals surface area contributed by atoms with Crippen molar-refractivity contribution >= 4 is 9.84 Å². The van der Waals surface area contributed by atoms with Gasteiger partial charge in [-0.15, -0.1) is 0 Å². The molecule has 1 aliphatic carbocycles. The third kappa shape index (κ3) is 1.62. The standard InChI is InChI=1S/C10H11F2NO2S/c1-16(14,15)7-4-2-3-6-5-10(11,12)9(13)8(6)7/h2-4,9H,5,13H2,1H3/t9-/m1/s1. The first kappa shape index (κ1) is 11.5. The first-order valence-corrected chi connectivity index (χ1v) is 6.58. The smallest absolute Gasteiger partial charge is 0.271 e. The summed E-state index contributed by atoms with van der Waals surface area (Å²) in [7, 11) is -3.52. The van der Waals surface area contributed by atoms with E-state index in [1.54, 1.807) is 0 Å². The Labute approximate surface area is 92.2 Å². The fraction of sp³-hybridized carbons (Fsp3) is 0.400. The Bertz CT molecular complexity index is 540. The molecule has 0 fully saturated rings. The van der Waals surface area contributed by atoms with Gasteiger partial charge in [0.15, 0.2) is 9.84 Å². The van der Waals surface area contributed by atoms with Crippen molar-refractivity contribution in [3.8, 4) is 0 Å². The Balaban J connectivity index is 2.70. The number of halogens is 2. The Morgan fingerprint density at radius 2 is 2.06 bits per heavy atom. The number of hydrogen-bond donors (Lipinski definition) is 1. The van der Waals surface area contributed by atoms with Crippen molar-refractivity contribution in [1.29, 1.82) is 0 Å². The van der Waals surface area contributed by atoms with Gasteiger partial charge in [0.1, 0.15) is 0 Å². The summed E-state index contributed by atoms with van der Waals surface area (Å²) in [5.41, 5.74) is 5.79. The molecule has 2 rings (SSSR count). The Kier molecular flexibility index (Phi) is 2.32. The molecule has 1 atom stereocenters. The van der Waals surface area contributed by atoms with Gasteiger partial charge < -0.3 is 5.73 Å². The van der Waals surface area contributed by atoms with Crippen LogP contribution in [-0.4, -0.2) is 20.6 Å². The maximum Gasteiger partial charge on any atom is 0.271 e. The number of fused-ring (bicyclic) bond motifs is 1. The van der Waals surface area contributed by atoms with E-state index in [1.165, 1.54) is 18.2 Å². The van der Waals surface area contributed by atoms with Crippen LogP contribution in [0.3, 0.4) is 0 Å². The molecule has 0 amide bonds. The van der Waals surface area contributed by atoms with E-state index in [0.717, 1.165) is 6.26 Å². The summed E-state index contributed by atoms with van der Waals surface area (Å²) in [6.07, 6.45) is 0.499. The van der Waals surface area contributed by atoms with Gasteiger partial charge in [0.2, 0.25) is 0 Å². The number of sulfone groups is 1. The highest BCUT2D eigenvalue weighted by molar-refractivity contribution is 7.90. The zero-order valence-corrected chi connectivity index (χ0v) is 9.39. The minimum Gasteiger partial charge on any atom is -0.319 e. The fourth-order valence-corrected chi connectivity index (χ4v) is 2.98. The van der Waals surface area contributed by atoms with Gasteiger partial charge in [-0.25, -0.2) is 17.2 Å². The minimum atomic E-state index is -3.52. The first-order chi connectivity index (χ1) is 7.23. The predicted octanol–water partition coefficient (Wildman–Crippen LogP) is 1.28. The van der Waals surface area contributed by atoms with Gasteiger partial charge in [-0.05, 0) is 17.2 Å². The van der Waals surface area contributed by atoms with E-state index in [1.807, 2.05) is 0 Å². The second-order valence-corrected chi connectivity index (χ2v) is 6.00. The van der Waals surface area contributed by atoms with Crippen molar-refractivity contribution in [3.05, 3.63) is 29.3 Å². The molecule has 88 valence electrons. The van der Waals surface area contributed by atoms with Crippen LogP contribution >= 0.6 is 0 Å². The van der Waals surface area contributed by atoms with Crippen molar-refractivity contribution in [2.45, 2.75) is 23.3 Å². The van der Waals surface area contributed by atoms with Crippen molar-refractivity contribution in [1.82, 2.24) is 0 Å². The van der Waals surface area contributed by atoms with E-state index in [9.17, 15) is 17.2 Å². The molecule has 0 unspecified atom stereocenters. The average molecular weight is 247 g/mol. The molecule has 0 saturated heterocycles. The van der Waals surface area contributed by atoms with Crippen molar-refractivity contribution in [2.75, 3.05) is 6.26 Å². The molecule has 1 aliphatic rings. The predicted molar refractivity (Wildman–Crippen MR) is 55.1 cm³/mol. The van der Waals surface area contributed by atoms with Crippen LogP contribution in [0, 0.1) is 0 Å². The van der Waals surface area contributed by atoms with E-state index in [4.69, 9.17) is 5.73 Å². The molecule has 16 heavy (non-hydrogen) atoms. The van der Waals surface area contributed by atoms with Crippen LogP contribution in [0.4, 0.5) is 8.78 Å². The molecule has 0 heterocycles. The SMILES string of the molecule is CS(=O)(=O)c1cccc2c1[C@@H](N)C(F)(F)C2. The summed E-state index contributed by atoms with van der Waals surface area (Å²) in [5.74, 6) is -3.07. The van der Waals surface area contributed by atoms with Crippen LogP contribution in [0.1, 0.15) is 17.2 Å². The van der Waals surface area contributed by atoms with Gasteiger partial charge >= 0.3 is 0 Å². The van der Waals surface area contributed by atoms with E-state index in [-0.39, 0.29) is 10.5 Å². The van der Waals surface area contributed by atoms with Crippen LogP contribution < -0.4 is 5.73 Å². The van der Waals surface area contributed by atoms with Gasteiger partial charge in [-0.1, -0.05) is 12.1 Å². The number of rotatable bonds is 1. The maximum absolute atomic E-state index is 13.4. The van der Waals surface area contributed by atoms with Gasteiger partial charge in [0, 0.05) is 12.7 Å². The highest BCUT2D eigenvalue weighted by Crippen LogP contribution is 2.44. The lowest BCUT2D eigenvalue weighted by Crippen LogP contribution is -2.29. The van der Waals surface area contributed by atoms with Gasteiger partial charge in [0.05, 0.1) is 10.9 Å². The Morgan fingerprint density at radius 3 is 2.62 bits per heavy atom. The van der Waals surface area contributed by atoms with E-state index < -0.39 is 28.2 Å². The topological polar surface area (TPSA) is 60.2 Å². The minimum absolute atomic E-state index is 0.0648. The van der Waals surface area contributed by atoms with Crippen LogP contribution in [0.15, 0.2) is 23.1 Å². The average Bonchev–Trinajstić information content (AvgIpc) is 2.36. The summed E-state index contributed by atoms with van der Waals surface area (Å²) < 4.78 is 49.7. The molecule has 6 heteroatoms. The van der Waals surface area contributed by atoms with Crippen LogP contribution in [-0.2, 0) is 16.3 Å². The number of hydrogen-bond acceptors (Lipinski definition) is 3. The number of nitrogens with two attached hydrogens (primary N) is 1. The van der Waals surface area contributed by atoms with E-state index in [0.29, 0.717) is 5.56 Å². The molecule has 0 radical (unpaired) electrons. The molecule has 0 saturated carbocycles. The van der Waals surface area contributed by atoms with Crippen molar-refractivity contribution in [2.24, 2.45) is 5.73 Å². The molecule has 0 spiro atoms. The number of alkyl halides is 2. The summed E-state index contributed by atoms with van der Waals surface area (Å²) in [5, 5.41) is 0. The number of benzene rings is 1. The third-order valence-electron chi connectivity index (χ3n) is 2.75. The van der Waals surface area contributed by atoms with Gasteiger partial charge in [-0.3, -0.25) is 0 Å². The van der Waals surface area contributed by atoms with Gasteiger partial charge in [-0.2, -0.15) is 0 Å². The van der Waals surface area contributed by atoms with Crippen molar-refractivity contribution in [3.63, 3.8) is 0 Å². The molecular weight excluding hydrogens is 236 g/mol. The highest BCUT2D eigenvalue weighted by atomic mass is 32.2. The first-order valence-electron chi connectivity index (χ1n) is 4.69. The maximum atomic E-state index is 13.4. The van der Waals surface area contributed by atoms with E-state index in [2.05, 4.69) is 0 Å². The fourth-order valence-electron chi connectivity index (χ4n) is 1.99. The highest BCUT2D eigenvalue weighted by Gasteiger charge is 2.47. The molecular formula is C10H11F2NO2S. The summed E-state index contributed by atoms with van der Waals surface area (Å²) >= 11 is 0. The summed E-state index contributed by atoms with van der Waals surface area (Å²) in [6.45, 7) is 0. The molecule has 0 bridgehead atoms. The Hall–Kier alpha value is -1.01. The zero-order chi connectivity index (χ0) is 12.1. The third-order valence-corrected chi connectivity index (χ3v) is 3.90. The molecule has 0 aliphatic heterocycles. The molecule has 0 aromatic heterocycles. The normalized spacial score (nSPS) is 23.1. The lowest BCUT2D eigenvalue weighted by Gasteiger charge is -2.16. The van der Waals surface area contributed by atoms with Crippen LogP contribution in [0.2, 0.25) is 0 Å². The summed E-state index contributed by atoms with van der Waals surface area (Å²) in [6, 6.07) is 2.73. The lowest BCUT2D eigenvalue weighted by molar-refractivity contribution is -0.0139. The molecule has 1 aromatic rings. The van der Waals surface area contributed by atoms with E-state index >= 15 is 0 Å². The molecule has 2 N–H and O–H groups in total. The Morgan fingerprint density at radius 1 is 1.44 bits per heavy atom. The van der Waals surface area contributed by atoms with Crippen LogP contribution in [0.5, 0.6) is 0 Å². The van der Waals surface area contributed by atoms with Crippen LogP contribution in [0.25, 0.3) is 0 Å². The lowest BCUT2D eigenvalue weighted by atomic mass is 10.1. The molecule has 1 aromatic carbocycles. The summed E-state index contributed by atoms with van der Waals surface area (Å²) in [4.78, 5) is -0.0883. The van der Waals surface area contributed by atoms with Gasteiger partial charge in [0.25, 0.3) is 5.92 Å². The quantitative estimate of drug-likeness (QED) is 0.813.